The van der Waals surface area contributed by atoms with Crippen LogP contribution in [0.15, 0.2) is 46.9 Å². The van der Waals surface area contributed by atoms with E-state index in [-0.39, 0.29) is 6.10 Å². The highest BCUT2D eigenvalue weighted by Gasteiger charge is 2.24. The molecule has 0 spiro atoms. The van der Waals surface area contributed by atoms with Gasteiger partial charge in [0.25, 0.3) is 0 Å². The van der Waals surface area contributed by atoms with Crippen LogP contribution in [0.3, 0.4) is 0 Å². The number of hydrogen-bond donors (Lipinski definition) is 0. The first kappa shape index (κ1) is 11.5. The summed E-state index contributed by atoms with van der Waals surface area (Å²) < 4.78 is 6.88. The molecule has 0 N–H and O–H groups in total. The molecule has 3 heteroatoms. The van der Waals surface area contributed by atoms with E-state index in [0.29, 0.717) is 12.2 Å². The molecule has 0 aromatic heterocycles. The van der Waals surface area contributed by atoms with Gasteiger partial charge in [-0.05, 0) is 41.0 Å². The minimum Gasteiger partial charge on any atom is -0.364 e. The molecule has 2 nitrogen and oxygen atoms in total. The Kier molecular flexibility index (Phi) is 2.91. The molecular formula is C15H10BrNO. The lowest BCUT2D eigenvalue weighted by Crippen LogP contribution is -1.97. The molecule has 0 radical (unpaired) electrons. The topological polar surface area (TPSA) is 33.0 Å². The standard InChI is InChI=1S/C15H10BrNO/c16-13-4-2-11(3-5-13)15-14-6-1-10(8-17)7-12(14)9-18-15/h1-7,15H,9H2/t15-/m0/s1. The fraction of sp³-hybridized carbons (Fsp3) is 0.133. The molecule has 0 aliphatic carbocycles. The molecule has 1 aliphatic heterocycles. The molecule has 2 aromatic carbocycles. The van der Waals surface area contributed by atoms with Crippen molar-refractivity contribution in [2.45, 2.75) is 12.7 Å². The fourth-order valence-corrected chi connectivity index (χ4v) is 2.50. The lowest BCUT2D eigenvalue weighted by Gasteiger charge is -2.11. The van der Waals surface area contributed by atoms with Crippen molar-refractivity contribution < 1.29 is 4.74 Å². The van der Waals surface area contributed by atoms with Crippen molar-refractivity contribution in [2.75, 3.05) is 0 Å². The summed E-state index contributed by atoms with van der Waals surface area (Å²) in [4.78, 5) is 0. The Balaban J connectivity index is 2.00. The third kappa shape index (κ3) is 1.94. The number of halogens is 1. The summed E-state index contributed by atoms with van der Waals surface area (Å²) >= 11 is 3.43. The third-order valence-corrected chi connectivity index (χ3v) is 3.66. The molecule has 1 aliphatic rings. The maximum Gasteiger partial charge on any atom is 0.108 e. The minimum absolute atomic E-state index is 0.0131. The molecule has 2 aromatic rings. The van der Waals surface area contributed by atoms with Gasteiger partial charge < -0.3 is 4.74 Å². The summed E-state index contributed by atoms with van der Waals surface area (Å²) in [6, 6.07) is 16.1. The lowest BCUT2D eigenvalue weighted by atomic mass is 9.98. The molecule has 18 heavy (non-hydrogen) atoms. The van der Waals surface area contributed by atoms with E-state index in [4.69, 9.17) is 10.00 Å². The Morgan fingerprint density at radius 2 is 1.94 bits per heavy atom. The lowest BCUT2D eigenvalue weighted by molar-refractivity contribution is 0.0939. The highest BCUT2D eigenvalue weighted by molar-refractivity contribution is 9.10. The number of fused-ring (bicyclic) bond motifs is 1. The first-order chi connectivity index (χ1) is 8.78. The normalized spacial score (nSPS) is 17.2. The maximum absolute atomic E-state index is 8.89. The van der Waals surface area contributed by atoms with Crippen LogP contribution in [0.25, 0.3) is 0 Å². The van der Waals surface area contributed by atoms with Crippen molar-refractivity contribution in [1.82, 2.24) is 0 Å². The summed E-state index contributed by atoms with van der Waals surface area (Å²) in [7, 11) is 0. The average Bonchev–Trinajstić information content (AvgIpc) is 2.82. The number of ether oxygens (including phenoxy) is 1. The smallest absolute Gasteiger partial charge is 0.108 e. The van der Waals surface area contributed by atoms with E-state index in [1.54, 1.807) is 0 Å². The monoisotopic (exact) mass is 299 g/mol. The second-order valence-electron chi connectivity index (χ2n) is 4.27. The second-order valence-corrected chi connectivity index (χ2v) is 5.18. The van der Waals surface area contributed by atoms with Crippen molar-refractivity contribution >= 4 is 15.9 Å². The van der Waals surface area contributed by atoms with Crippen LogP contribution >= 0.6 is 15.9 Å². The number of nitriles is 1. The molecule has 0 bridgehead atoms. The Morgan fingerprint density at radius 3 is 2.67 bits per heavy atom. The van der Waals surface area contributed by atoms with Crippen molar-refractivity contribution in [2.24, 2.45) is 0 Å². The van der Waals surface area contributed by atoms with Crippen LogP contribution in [-0.2, 0) is 11.3 Å². The Bertz CT molecular complexity index is 628. The number of nitrogens with zero attached hydrogens (tertiary/aromatic N) is 1. The highest BCUT2D eigenvalue weighted by Crippen LogP contribution is 2.36. The number of hydrogen-bond acceptors (Lipinski definition) is 2. The molecule has 1 heterocycles. The van der Waals surface area contributed by atoms with Crippen LogP contribution in [0.5, 0.6) is 0 Å². The predicted molar refractivity (Wildman–Crippen MR) is 71.9 cm³/mol. The molecule has 0 saturated heterocycles. The van der Waals surface area contributed by atoms with Crippen LogP contribution in [0, 0.1) is 11.3 Å². The zero-order valence-electron chi connectivity index (χ0n) is 9.56. The first-order valence-electron chi connectivity index (χ1n) is 5.68. The van der Waals surface area contributed by atoms with Gasteiger partial charge in [0.05, 0.1) is 18.2 Å². The number of benzene rings is 2. The zero-order valence-corrected chi connectivity index (χ0v) is 11.1. The summed E-state index contributed by atoms with van der Waals surface area (Å²) in [6.07, 6.45) is -0.0131. The molecule has 3 rings (SSSR count). The highest BCUT2D eigenvalue weighted by atomic mass is 79.9. The Morgan fingerprint density at radius 1 is 1.17 bits per heavy atom. The molecule has 0 amide bonds. The van der Waals surface area contributed by atoms with Gasteiger partial charge in [-0.1, -0.05) is 34.1 Å². The molecule has 0 unspecified atom stereocenters. The third-order valence-electron chi connectivity index (χ3n) is 3.13. The van der Waals surface area contributed by atoms with Gasteiger partial charge >= 0.3 is 0 Å². The fourth-order valence-electron chi connectivity index (χ4n) is 2.23. The number of rotatable bonds is 1. The van der Waals surface area contributed by atoms with Gasteiger partial charge in [-0.3, -0.25) is 0 Å². The van der Waals surface area contributed by atoms with Gasteiger partial charge in [0.2, 0.25) is 0 Å². The second kappa shape index (κ2) is 4.56. The maximum atomic E-state index is 8.89. The van der Waals surface area contributed by atoms with Gasteiger partial charge in [-0.25, -0.2) is 0 Å². The van der Waals surface area contributed by atoms with Crippen LogP contribution in [0.2, 0.25) is 0 Å². The minimum atomic E-state index is -0.0131. The van der Waals surface area contributed by atoms with Gasteiger partial charge in [-0.2, -0.15) is 5.26 Å². The van der Waals surface area contributed by atoms with E-state index in [9.17, 15) is 0 Å². The largest absolute Gasteiger partial charge is 0.364 e. The van der Waals surface area contributed by atoms with Crippen molar-refractivity contribution in [3.05, 3.63) is 69.2 Å². The van der Waals surface area contributed by atoms with E-state index in [1.807, 2.05) is 30.3 Å². The van der Waals surface area contributed by atoms with E-state index in [2.05, 4.69) is 34.1 Å². The Labute approximate surface area is 114 Å². The SMILES string of the molecule is N#Cc1ccc2c(c1)CO[C@H]2c1ccc(Br)cc1. The molecule has 0 fully saturated rings. The van der Waals surface area contributed by atoms with Crippen LogP contribution in [0.1, 0.15) is 28.4 Å². The molecule has 0 saturated carbocycles. The van der Waals surface area contributed by atoms with E-state index in [0.717, 1.165) is 21.2 Å². The van der Waals surface area contributed by atoms with Gasteiger partial charge in [0.15, 0.2) is 0 Å². The summed E-state index contributed by atoms with van der Waals surface area (Å²) in [5, 5.41) is 8.89. The van der Waals surface area contributed by atoms with Crippen molar-refractivity contribution in [3.63, 3.8) is 0 Å². The molecular weight excluding hydrogens is 290 g/mol. The van der Waals surface area contributed by atoms with Crippen molar-refractivity contribution in [3.8, 4) is 6.07 Å². The predicted octanol–water partition coefficient (Wildman–Crippen LogP) is 3.94. The average molecular weight is 300 g/mol. The van der Waals surface area contributed by atoms with Gasteiger partial charge in [0, 0.05) is 4.47 Å². The van der Waals surface area contributed by atoms with Gasteiger partial charge in [0.1, 0.15) is 6.10 Å². The zero-order chi connectivity index (χ0) is 12.5. The van der Waals surface area contributed by atoms with Crippen molar-refractivity contribution in [1.29, 1.82) is 5.26 Å². The molecule has 1 atom stereocenters. The van der Waals surface area contributed by atoms with E-state index >= 15 is 0 Å². The van der Waals surface area contributed by atoms with Crippen LogP contribution < -0.4 is 0 Å². The van der Waals surface area contributed by atoms with Gasteiger partial charge in [-0.15, -0.1) is 0 Å². The molecule has 88 valence electrons. The van der Waals surface area contributed by atoms with Crippen LogP contribution in [-0.4, -0.2) is 0 Å². The van der Waals surface area contributed by atoms with Crippen LogP contribution in [0.4, 0.5) is 0 Å². The Hall–Kier alpha value is -1.63. The quantitative estimate of drug-likeness (QED) is 0.799. The summed E-state index contributed by atoms with van der Waals surface area (Å²) in [5.41, 5.74) is 4.11. The summed E-state index contributed by atoms with van der Waals surface area (Å²) in [5.74, 6) is 0. The van der Waals surface area contributed by atoms with E-state index < -0.39 is 0 Å². The summed E-state index contributed by atoms with van der Waals surface area (Å²) in [6.45, 7) is 0.575. The first-order valence-corrected chi connectivity index (χ1v) is 6.47. The van der Waals surface area contributed by atoms with E-state index in [1.165, 1.54) is 0 Å².